The summed E-state index contributed by atoms with van der Waals surface area (Å²) in [5, 5.41) is 12.3. The number of carbonyl (C=O) groups is 2. The van der Waals surface area contributed by atoms with E-state index in [9.17, 15) is 14.9 Å². The first-order chi connectivity index (χ1) is 17.8. The lowest BCUT2D eigenvalue weighted by molar-refractivity contribution is -0.125. The van der Waals surface area contributed by atoms with E-state index in [2.05, 4.69) is 54.1 Å². The van der Waals surface area contributed by atoms with Crippen molar-refractivity contribution in [3.05, 3.63) is 69.3 Å². The summed E-state index contributed by atoms with van der Waals surface area (Å²) in [6, 6.07) is 12.9. The Morgan fingerprint density at radius 1 is 1.08 bits per heavy atom. The van der Waals surface area contributed by atoms with Crippen LogP contribution in [-0.4, -0.2) is 55.4 Å². The smallest absolute Gasteiger partial charge is 0.234 e. The maximum atomic E-state index is 13.9. The number of Topliss-reactive ketones (excluding diaryl/α,β-unsaturated/α-hetero) is 1. The molecular formula is C31H34N4O2. The summed E-state index contributed by atoms with van der Waals surface area (Å²) in [6.45, 7) is 10.8. The standard InChI is InChI=1S/C31H34N4O2/c1-4-20-14-24-25(16-27(20)34-10-7-22(8-11-34)35-12-9-33-28(36)18-35)31(2,3)26-15-21-13-19(17-32)5-6-23(21)29(26)30(24)37/h5-6,13-14,16,22H,4,7-12,15,18H2,1-3H3,(H,33,36). The molecular weight excluding hydrogens is 460 g/mol. The van der Waals surface area contributed by atoms with Crippen LogP contribution in [0.5, 0.6) is 0 Å². The highest BCUT2D eigenvalue weighted by molar-refractivity contribution is 6.33. The van der Waals surface area contributed by atoms with Gasteiger partial charge in [-0.25, -0.2) is 0 Å². The number of nitrogens with zero attached hydrogens (tertiary/aromatic N) is 3. The number of carbonyl (C=O) groups excluding carboxylic acids is 2. The highest BCUT2D eigenvalue weighted by Gasteiger charge is 2.43. The van der Waals surface area contributed by atoms with Gasteiger partial charge in [0, 0.05) is 54.5 Å². The van der Waals surface area contributed by atoms with Gasteiger partial charge < -0.3 is 10.2 Å². The van der Waals surface area contributed by atoms with Crippen LogP contribution in [0.1, 0.15) is 71.8 Å². The highest BCUT2D eigenvalue weighted by atomic mass is 16.2. The van der Waals surface area contributed by atoms with Crippen molar-refractivity contribution in [3.63, 3.8) is 0 Å². The molecule has 0 unspecified atom stereocenters. The highest BCUT2D eigenvalue weighted by Crippen LogP contribution is 2.51. The topological polar surface area (TPSA) is 76.4 Å². The SMILES string of the molecule is CCc1cc2c(cc1N1CCC(N3CCNC(=O)C3)CC1)C(C)(C)C1=C(C2=O)c2ccc(C#N)cc2C1. The predicted molar refractivity (Wildman–Crippen MR) is 145 cm³/mol. The van der Waals surface area contributed by atoms with Crippen LogP contribution in [0, 0.1) is 11.3 Å². The zero-order valence-corrected chi connectivity index (χ0v) is 22.0. The Morgan fingerprint density at radius 3 is 2.57 bits per heavy atom. The van der Waals surface area contributed by atoms with Crippen molar-refractivity contribution in [1.82, 2.24) is 10.2 Å². The summed E-state index contributed by atoms with van der Waals surface area (Å²) in [5.41, 5.74) is 8.89. The second-order valence-electron chi connectivity index (χ2n) is 11.4. The van der Waals surface area contributed by atoms with Gasteiger partial charge in [-0.15, -0.1) is 0 Å². The number of ketones is 1. The van der Waals surface area contributed by atoms with E-state index in [0.717, 1.165) is 79.7 Å². The fourth-order valence-corrected chi connectivity index (χ4v) is 6.94. The van der Waals surface area contributed by atoms with E-state index in [1.807, 2.05) is 18.2 Å². The normalized spacial score (nSPS) is 21.3. The lowest BCUT2D eigenvalue weighted by atomic mass is 9.68. The average molecular weight is 495 g/mol. The second kappa shape index (κ2) is 8.85. The Hall–Kier alpha value is -3.43. The van der Waals surface area contributed by atoms with Gasteiger partial charge in [-0.3, -0.25) is 14.5 Å². The second-order valence-corrected chi connectivity index (χ2v) is 11.4. The molecule has 2 aliphatic carbocycles. The van der Waals surface area contributed by atoms with E-state index in [4.69, 9.17) is 0 Å². The number of fused-ring (bicyclic) bond motifs is 3. The molecule has 0 bridgehead atoms. The molecule has 2 fully saturated rings. The van der Waals surface area contributed by atoms with Crippen LogP contribution in [0.2, 0.25) is 0 Å². The maximum absolute atomic E-state index is 13.9. The third kappa shape index (κ3) is 3.79. The molecule has 0 radical (unpaired) electrons. The Bertz CT molecular complexity index is 1390. The van der Waals surface area contributed by atoms with Gasteiger partial charge in [0.15, 0.2) is 5.78 Å². The van der Waals surface area contributed by atoms with Crippen LogP contribution in [0.25, 0.3) is 5.57 Å². The molecule has 0 atom stereocenters. The van der Waals surface area contributed by atoms with Gasteiger partial charge in [-0.2, -0.15) is 5.26 Å². The summed E-state index contributed by atoms with van der Waals surface area (Å²) < 4.78 is 0. The molecule has 0 saturated carbocycles. The number of benzene rings is 2. The van der Waals surface area contributed by atoms with E-state index < -0.39 is 0 Å². The van der Waals surface area contributed by atoms with Gasteiger partial charge in [0.25, 0.3) is 0 Å². The van der Waals surface area contributed by atoms with E-state index in [1.165, 1.54) is 16.8 Å². The Kier molecular flexibility index (Phi) is 5.72. The van der Waals surface area contributed by atoms with Crippen molar-refractivity contribution in [2.45, 2.75) is 57.9 Å². The molecule has 1 amide bonds. The zero-order valence-electron chi connectivity index (χ0n) is 22.0. The van der Waals surface area contributed by atoms with Crippen molar-refractivity contribution in [1.29, 1.82) is 5.26 Å². The number of anilines is 1. The van der Waals surface area contributed by atoms with Crippen molar-refractivity contribution >= 4 is 23.0 Å². The van der Waals surface area contributed by atoms with Crippen LogP contribution < -0.4 is 10.2 Å². The molecule has 1 N–H and O–H groups in total. The summed E-state index contributed by atoms with van der Waals surface area (Å²) in [5.74, 6) is 0.256. The molecule has 0 spiro atoms. The minimum absolute atomic E-state index is 0.121. The van der Waals surface area contributed by atoms with Gasteiger partial charge >= 0.3 is 0 Å². The van der Waals surface area contributed by atoms with Crippen molar-refractivity contribution in [2.75, 3.05) is 37.6 Å². The molecule has 6 nitrogen and oxygen atoms in total. The number of allylic oxidation sites excluding steroid dienone is 2. The molecule has 2 aliphatic heterocycles. The van der Waals surface area contributed by atoms with Gasteiger partial charge in [0.05, 0.1) is 18.2 Å². The average Bonchev–Trinajstić information content (AvgIpc) is 3.31. The quantitative estimate of drug-likeness (QED) is 0.698. The van der Waals surface area contributed by atoms with Crippen LogP contribution in [0.3, 0.4) is 0 Å². The Morgan fingerprint density at radius 2 is 1.86 bits per heavy atom. The molecule has 2 saturated heterocycles. The fraction of sp³-hybridized carbons (Fsp3) is 0.452. The van der Waals surface area contributed by atoms with Crippen LogP contribution in [-0.2, 0) is 23.1 Å². The number of aryl methyl sites for hydroxylation is 1. The molecule has 6 heteroatoms. The molecule has 2 heterocycles. The minimum Gasteiger partial charge on any atom is -0.371 e. The summed E-state index contributed by atoms with van der Waals surface area (Å²) in [6.07, 6.45) is 3.68. The van der Waals surface area contributed by atoms with E-state index in [1.54, 1.807) is 0 Å². The van der Waals surface area contributed by atoms with Crippen molar-refractivity contribution in [3.8, 4) is 6.07 Å². The number of amides is 1. The fourth-order valence-electron chi connectivity index (χ4n) is 6.94. The molecule has 0 aromatic heterocycles. The predicted octanol–water partition coefficient (Wildman–Crippen LogP) is 4.01. The lowest BCUT2D eigenvalue weighted by Crippen LogP contribution is -2.54. The molecule has 190 valence electrons. The molecule has 37 heavy (non-hydrogen) atoms. The van der Waals surface area contributed by atoms with Crippen molar-refractivity contribution < 1.29 is 9.59 Å². The van der Waals surface area contributed by atoms with Gasteiger partial charge in [0.2, 0.25) is 5.91 Å². The molecule has 4 aliphatic rings. The number of rotatable bonds is 3. The van der Waals surface area contributed by atoms with Crippen molar-refractivity contribution in [2.24, 2.45) is 0 Å². The van der Waals surface area contributed by atoms with E-state index in [-0.39, 0.29) is 17.1 Å². The largest absolute Gasteiger partial charge is 0.371 e. The number of hydrogen-bond donors (Lipinski definition) is 1. The first-order valence-corrected chi connectivity index (χ1v) is 13.6. The maximum Gasteiger partial charge on any atom is 0.234 e. The summed E-state index contributed by atoms with van der Waals surface area (Å²) in [7, 11) is 0. The van der Waals surface area contributed by atoms with E-state index in [0.29, 0.717) is 18.2 Å². The third-order valence-electron chi connectivity index (χ3n) is 9.06. The summed E-state index contributed by atoms with van der Waals surface area (Å²) in [4.78, 5) is 30.6. The molecule has 2 aromatic carbocycles. The van der Waals surface area contributed by atoms with Crippen LogP contribution in [0.4, 0.5) is 5.69 Å². The number of nitriles is 1. The number of piperazine rings is 1. The van der Waals surface area contributed by atoms with E-state index >= 15 is 0 Å². The monoisotopic (exact) mass is 494 g/mol. The van der Waals surface area contributed by atoms with Crippen LogP contribution in [0.15, 0.2) is 35.9 Å². The molecule has 2 aromatic rings. The number of piperidine rings is 1. The summed E-state index contributed by atoms with van der Waals surface area (Å²) >= 11 is 0. The van der Waals surface area contributed by atoms with Gasteiger partial charge in [-0.05, 0) is 77.8 Å². The minimum atomic E-state index is -0.273. The zero-order chi connectivity index (χ0) is 25.9. The third-order valence-corrected chi connectivity index (χ3v) is 9.06. The lowest BCUT2D eigenvalue weighted by Gasteiger charge is -2.42. The Labute approximate surface area is 218 Å². The number of nitrogens with one attached hydrogen (secondary N) is 1. The molecule has 6 rings (SSSR count). The first kappa shape index (κ1) is 23.9. The number of hydrogen-bond acceptors (Lipinski definition) is 5. The van der Waals surface area contributed by atoms with Crippen LogP contribution >= 0.6 is 0 Å². The van der Waals surface area contributed by atoms with Gasteiger partial charge in [0.1, 0.15) is 0 Å². The Balaban J connectivity index is 1.32. The van der Waals surface area contributed by atoms with Gasteiger partial charge in [-0.1, -0.05) is 26.8 Å². The first-order valence-electron chi connectivity index (χ1n) is 13.6.